The molecular weight excluding hydrogens is 432 g/mol. The highest BCUT2D eigenvalue weighted by atomic mass is 32.2. The highest BCUT2D eigenvalue weighted by Crippen LogP contribution is 2.27. The molecule has 2 aromatic rings. The first-order valence-corrected chi connectivity index (χ1v) is 11.9. The van der Waals surface area contributed by atoms with Crippen LogP contribution in [0.5, 0.6) is 0 Å². The van der Waals surface area contributed by atoms with E-state index in [1.54, 1.807) is 37.5 Å². The van der Waals surface area contributed by atoms with Gasteiger partial charge in [0, 0.05) is 31.5 Å². The van der Waals surface area contributed by atoms with Crippen LogP contribution in [0.1, 0.15) is 51.5 Å². The number of hydrogen-bond donors (Lipinski definition) is 0. The van der Waals surface area contributed by atoms with E-state index in [0.29, 0.717) is 29.1 Å². The van der Waals surface area contributed by atoms with E-state index in [1.165, 1.54) is 26.4 Å². The zero-order valence-electron chi connectivity index (χ0n) is 19.8. The minimum atomic E-state index is -3.96. The lowest BCUT2D eigenvalue weighted by atomic mass is 10.0. The average molecular weight is 465 g/mol. The maximum atomic E-state index is 13.6. The van der Waals surface area contributed by atoms with Gasteiger partial charge in [-0.1, -0.05) is 17.7 Å². The van der Waals surface area contributed by atoms with E-state index in [0.717, 1.165) is 9.87 Å². The Labute approximate surface area is 190 Å². The number of methoxy groups -OCH3 is 2. The third-order valence-corrected chi connectivity index (χ3v) is 7.65. The van der Waals surface area contributed by atoms with Gasteiger partial charge in [-0.05, 0) is 52.3 Å². The first-order chi connectivity index (χ1) is 15.0. The predicted molar refractivity (Wildman–Crippen MR) is 122 cm³/mol. The highest BCUT2D eigenvalue weighted by molar-refractivity contribution is 7.89. The Morgan fingerprint density at radius 2 is 1.69 bits per heavy atom. The van der Waals surface area contributed by atoms with Crippen LogP contribution in [0.25, 0.3) is 0 Å². The molecule has 1 heterocycles. The van der Waals surface area contributed by atoms with Crippen LogP contribution in [0.15, 0.2) is 29.2 Å². The molecule has 1 atom stereocenters. The molecule has 0 fully saturated rings. The van der Waals surface area contributed by atoms with Crippen molar-refractivity contribution in [3.8, 4) is 0 Å². The lowest BCUT2D eigenvalue weighted by molar-refractivity contribution is 0.0587. The summed E-state index contributed by atoms with van der Waals surface area (Å²) < 4.78 is 39.7. The van der Waals surface area contributed by atoms with Crippen LogP contribution in [-0.4, -0.2) is 62.5 Å². The molecule has 0 aliphatic rings. The fraction of sp³-hybridized carbons (Fsp3) is 0.478. The Bertz CT molecular complexity index is 1090. The average Bonchev–Trinajstić information content (AvgIpc) is 3.02. The molecular formula is C23H32N2O6S. The molecule has 0 amide bonds. The third kappa shape index (κ3) is 4.79. The second-order valence-corrected chi connectivity index (χ2v) is 9.52. The van der Waals surface area contributed by atoms with E-state index in [2.05, 4.69) is 0 Å². The molecule has 176 valence electrons. The van der Waals surface area contributed by atoms with Crippen molar-refractivity contribution in [1.82, 2.24) is 8.87 Å². The number of nitrogens with zero attached hydrogens (tertiary/aromatic N) is 2. The van der Waals surface area contributed by atoms with Gasteiger partial charge in [-0.3, -0.25) is 4.79 Å². The van der Waals surface area contributed by atoms with Crippen molar-refractivity contribution in [2.45, 2.75) is 52.1 Å². The largest absolute Gasteiger partial charge is 0.464 e. The summed E-state index contributed by atoms with van der Waals surface area (Å²) in [7, 11) is -1.20. The highest BCUT2D eigenvalue weighted by Gasteiger charge is 2.36. The number of sulfonamides is 1. The van der Waals surface area contributed by atoms with Gasteiger partial charge in [0.2, 0.25) is 10.0 Å². The number of rotatable bonds is 10. The summed E-state index contributed by atoms with van der Waals surface area (Å²) in [5.41, 5.74) is 2.64. The van der Waals surface area contributed by atoms with Crippen molar-refractivity contribution in [3.63, 3.8) is 0 Å². The maximum absolute atomic E-state index is 13.6. The normalized spacial score (nSPS) is 12.8. The van der Waals surface area contributed by atoms with Gasteiger partial charge < -0.3 is 14.0 Å². The van der Waals surface area contributed by atoms with Gasteiger partial charge in [-0.2, -0.15) is 4.31 Å². The van der Waals surface area contributed by atoms with Crippen LogP contribution < -0.4 is 0 Å². The third-order valence-electron chi connectivity index (χ3n) is 5.66. The number of hydrogen-bond acceptors (Lipinski definition) is 6. The first kappa shape index (κ1) is 25.8. The van der Waals surface area contributed by atoms with E-state index < -0.39 is 22.0 Å². The Morgan fingerprint density at radius 1 is 1.09 bits per heavy atom. The smallest absolute Gasteiger partial charge is 0.354 e. The monoisotopic (exact) mass is 464 g/mol. The lowest BCUT2D eigenvalue weighted by Gasteiger charge is -2.27. The molecule has 1 aromatic carbocycles. The van der Waals surface area contributed by atoms with E-state index >= 15 is 0 Å². The summed E-state index contributed by atoms with van der Waals surface area (Å²) >= 11 is 0. The SMILES string of the molecule is CCn1c(C)c(C(=O)C(C)N(CCOC)S(=O)(=O)c2ccc(C)cc2)c(C)c1C(=O)OC. The number of esters is 1. The molecule has 0 radical (unpaired) electrons. The summed E-state index contributed by atoms with van der Waals surface area (Å²) in [5.74, 6) is -0.924. The van der Waals surface area contributed by atoms with E-state index in [1.807, 2.05) is 13.8 Å². The van der Waals surface area contributed by atoms with E-state index in [9.17, 15) is 18.0 Å². The molecule has 0 saturated carbocycles. The van der Waals surface area contributed by atoms with E-state index in [4.69, 9.17) is 9.47 Å². The van der Waals surface area contributed by atoms with Gasteiger partial charge in [0.25, 0.3) is 0 Å². The van der Waals surface area contributed by atoms with Crippen LogP contribution in [-0.2, 0) is 26.0 Å². The van der Waals surface area contributed by atoms with Gasteiger partial charge in [0.05, 0.1) is 24.7 Å². The van der Waals surface area contributed by atoms with Gasteiger partial charge in [0.15, 0.2) is 5.78 Å². The van der Waals surface area contributed by atoms with Crippen molar-refractivity contribution in [1.29, 1.82) is 0 Å². The van der Waals surface area contributed by atoms with Crippen molar-refractivity contribution in [3.05, 3.63) is 52.3 Å². The molecule has 9 heteroatoms. The van der Waals surface area contributed by atoms with Gasteiger partial charge in [-0.15, -0.1) is 0 Å². The molecule has 0 bridgehead atoms. The zero-order chi connectivity index (χ0) is 24.2. The summed E-state index contributed by atoms with van der Waals surface area (Å²) in [6.45, 7) is 9.32. The predicted octanol–water partition coefficient (Wildman–Crippen LogP) is 3.13. The van der Waals surface area contributed by atoms with Gasteiger partial charge in [-0.25, -0.2) is 13.2 Å². The molecule has 1 aromatic heterocycles. The quantitative estimate of drug-likeness (QED) is 0.396. The van der Waals surface area contributed by atoms with Crippen LogP contribution in [0, 0.1) is 20.8 Å². The minimum absolute atomic E-state index is 0.00998. The van der Waals surface area contributed by atoms with Crippen molar-refractivity contribution in [2.24, 2.45) is 0 Å². The van der Waals surface area contributed by atoms with Crippen molar-refractivity contribution in [2.75, 3.05) is 27.4 Å². The first-order valence-electron chi connectivity index (χ1n) is 10.4. The second kappa shape index (κ2) is 10.4. The Balaban J connectivity index is 2.57. The van der Waals surface area contributed by atoms with Gasteiger partial charge >= 0.3 is 5.97 Å². The molecule has 1 unspecified atom stereocenters. The number of carbonyl (C=O) groups excluding carboxylic acids is 2. The minimum Gasteiger partial charge on any atom is -0.464 e. The summed E-state index contributed by atoms with van der Waals surface area (Å²) in [5, 5.41) is 0. The topological polar surface area (TPSA) is 94.9 Å². The molecule has 0 N–H and O–H groups in total. The standard InChI is InChI=1S/C23H32N2O6S/c1-8-24-17(4)20(16(3)21(24)23(27)31-7)22(26)18(5)25(13-14-30-6)32(28,29)19-11-9-15(2)10-12-19/h9-12,18H,8,13-14H2,1-7H3. The fourth-order valence-electron chi connectivity index (χ4n) is 3.90. The Hall–Kier alpha value is -2.49. The number of carbonyl (C=O) groups is 2. The van der Waals surface area contributed by atoms with Crippen molar-refractivity contribution < 1.29 is 27.5 Å². The molecule has 32 heavy (non-hydrogen) atoms. The van der Waals surface area contributed by atoms with Crippen LogP contribution in [0.3, 0.4) is 0 Å². The Kier molecular flexibility index (Phi) is 8.39. The Morgan fingerprint density at radius 3 is 2.19 bits per heavy atom. The fourth-order valence-corrected chi connectivity index (χ4v) is 5.48. The van der Waals surface area contributed by atoms with Crippen LogP contribution in [0.4, 0.5) is 0 Å². The number of ether oxygens (including phenoxy) is 2. The number of aryl methyl sites for hydroxylation is 1. The summed E-state index contributed by atoms with van der Waals surface area (Å²) in [6, 6.07) is 5.48. The molecule has 0 aliphatic carbocycles. The summed E-state index contributed by atoms with van der Waals surface area (Å²) in [6.07, 6.45) is 0. The lowest BCUT2D eigenvalue weighted by Crippen LogP contribution is -2.45. The molecule has 2 rings (SSSR count). The molecule has 8 nitrogen and oxygen atoms in total. The second-order valence-electron chi connectivity index (χ2n) is 7.63. The number of Topliss-reactive ketones (excluding diaryl/α,β-unsaturated/α-hetero) is 1. The molecule has 0 spiro atoms. The molecule has 0 aliphatic heterocycles. The summed E-state index contributed by atoms with van der Waals surface area (Å²) in [4.78, 5) is 26.1. The van der Waals surface area contributed by atoms with Crippen LogP contribution in [0.2, 0.25) is 0 Å². The van der Waals surface area contributed by atoms with Crippen LogP contribution >= 0.6 is 0 Å². The van der Waals surface area contributed by atoms with E-state index in [-0.39, 0.29) is 23.8 Å². The maximum Gasteiger partial charge on any atom is 0.354 e. The zero-order valence-corrected chi connectivity index (χ0v) is 20.6. The number of ketones is 1. The van der Waals surface area contributed by atoms with Gasteiger partial charge in [0.1, 0.15) is 5.69 Å². The number of benzene rings is 1. The van der Waals surface area contributed by atoms with Crippen molar-refractivity contribution >= 4 is 21.8 Å². The molecule has 0 saturated heterocycles. The number of aromatic nitrogens is 1.